The minimum atomic E-state index is -0.00601. The molecule has 8 heteroatoms. The smallest absolute Gasteiger partial charge is 0.263 e. The fraction of sp³-hybridized carbons (Fsp3) is 0.682. The van der Waals surface area contributed by atoms with E-state index in [1.165, 1.54) is 18.2 Å². The molecule has 1 amide bonds. The predicted octanol–water partition coefficient (Wildman–Crippen LogP) is 4.10. The predicted molar refractivity (Wildman–Crippen MR) is 125 cm³/mol. The number of nitrogens with zero attached hydrogens (tertiary/aromatic N) is 3. The third-order valence-electron chi connectivity index (χ3n) is 5.67. The van der Waals surface area contributed by atoms with E-state index in [-0.39, 0.29) is 11.5 Å². The number of thioether (sulfide) groups is 1. The fourth-order valence-corrected chi connectivity index (χ4v) is 6.17. The van der Waals surface area contributed by atoms with Crippen molar-refractivity contribution in [2.75, 3.05) is 32.1 Å². The van der Waals surface area contributed by atoms with Gasteiger partial charge in [0.1, 0.15) is 4.83 Å². The molecular formula is C22H33N3O3S2. The monoisotopic (exact) mass is 451 g/mol. The Labute approximate surface area is 187 Å². The van der Waals surface area contributed by atoms with E-state index in [2.05, 4.69) is 13.8 Å². The Morgan fingerprint density at radius 2 is 1.97 bits per heavy atom. The summed E-state index contributed by atoms with van der Waals surface area (Å²) in [5.74, 6) is 1.51. The van der Waals surface area contributed by atoms with Gasteiger partial charge in [0.25, 0.3) is 5.56 Å². The van der Waals surface area contributed by atoms with Crippen LogP contribution >= 0.6 is 23.1 Å². The van der Waals surface area contributed by atoms with Crippen LogP contribution in [-0.2, 0) is 16.1 Å². The van der Waals surface area contributed by atoms with E-state index in [1.807, 2.05) is 25.7 Å². The van der Waals surface area contributed by atoms with E-state index >= 15 is 0 Å². The molecule has 30 heavy (non-hydrogen) atoms. The van der Waals surface area contributed by atoms with Gasteiger partial charge < -0.3 is 9.64 Å². The van der Waals surface area contributed by atoms with Crippen LogP contribution in [0, 0.1) is 25.7 Å². The first-order valence-corrected chi connectivity index (χ1v) is 12.6. The molecule has 0 aliphatic carbocycles. The first-order valence-electron chi connectivity index (χ1n) is 10.8. The van der Waals surface area contributed by atoms with Crippen LogP contribution in [0.4, 0.5) is 0 Å². The van der Waals surface area contributed by atoms with Crippen molar-refractivity contribution >= 4 is 39.2 Å². The van der Waals surface area contributed by atoms with Crippen LogP contribution < -0.4 is 5.56 Å². The number of rotatable bonds is 8. The Morgan fingerprint density at radius 1 is 1.27 bits per heavy atom. The molecule has 166 valence electrons. The third-order valence-corrected chi connectivity index (χ3v) is 7.74. The Hall–Kier alpha value is -1.38. The van der Waals surface area contributed by atoms with Gasteiger partial charge in [0.05, 0.1) is 11.1 Å². The summed E-state index contributed by atoms with van der Waals surface area (Å²) in [4.78, 5) is 34.8. The summed E-state index contributed by atoms with van der Waals surface area (Å²) in [6.07, 6.45) is 1.91. The molecule has 3 rings (SSSR count). The number of hydrogen-bond acceptors (Lipinski definition) is 6. The zero-order valence-corrected chi connectivity index (χ0v) is 20.3. The molecule has 0 spiro atoms. The lowest BCUT2D eigenvalue weighted by atomic mass is 9.92. The Kier molecular flexibility index (Phi) is 7.98. The summed E-state index contributed by atoms with van der Waals surface area (Å²) in [5, 5.41) is 1.35. The second-order valence-electron chi connectivity index (χ2n) is 8.40. The molecule has 2 aromatic heterocycles. The molecule has 2 unspecified atom stereocenters. The lowest BCUT2D eigenvalue weighted by Crippen LogP contribution is -2.43. The van der Waals surface area contributed by atoms with Gasteiger partial charge in [-0.1, -0.05) is 25.6 Å². The normalized spacial score (nSPS) is 19.6. The molecule has 0 N–H and O–H groups in total. The van der Waals surface area contributed by atoms with Crippen molar-refractivity contribution in [1.29, 1.82) is 0 Å². The average molecular weight is 452 g/mol. The van der Waals surface area contributed by atoms with Crippen LogP contribution in [0.2, 0.25) is 0 Å². The van der Waals surface area contributed by atoms with Crippen molar-refractivity contribution in [1.82, 2.24) is 14.5 Å². The van der Waals surface area contributed by atoms with E-state index in [4.69, 9.17) is 9.72 Å². The highest BCUT2D eigenvalue weighted by atomic mass is 32.2. The van der Waals surface area contributed by atoms with E-state index < -0.39 is 0 Å². The van der Waals surface area contributed by atoms with Crippen molar-refractivity contribution < 1.29 is 9.53 Å². The van der Waals surface area contributed by atoms with Crippen molar-refractivity contribution in [2.24, 2.45) is 11.8 Å². The molecule has 2 atom stereocenters. The Bertz CT molecular complexity index is 943. The third kappa shape index (κ3) is 5.26. The number of aryl methyl sites for hydroxylation is 2. The number of carbonyl (C=O) groups is 1. The molecule has 0 saturated carbocycles. The van der Waals surface area contributed by atoms with Gasteiger partial charge >= 0.3 is 0 Å². The molecule has 1 aliphatic rings. The molecule has 6 nitrogen and oxygen atoms in total. The molecule has 0 aromatic carbocycles. The molecule has 2 aromatic rings. The van der Waals surface area contributed by atoms with E-state index in [0.29, 0.717) is 47.9 Å². The molecule has 0 bridgehead atoms. The molecule has 0 radical (unpaired) electrons. The summed E-state index contributed by atoms with van der Waals surface area (Å²) < 4.78 is 7.18. The highest BCUT2D eigenvalue weighted by Crippen LogP contribution is 2.29. The van der Waals surface area contributed by atoms with Gasteiger partial charge in [-0.2, -0.15) is 0 Å². The number of piperidine rings is 1. The zero-order valence-electron chi connectivity index (χ0n) is 18.7. The maximum atomic E-state index is 13.3. The number of likely N-dealkylation sites (tertiary alicyclic amines) is 1. The van der Waals surface area contributed by atoms with Crippen molar-refractivity contribution in [2.45, 2.75) is 59.2 Å². The number of fused-ring (bicyclic) bond motifs is 1. The topological polar surface area (TPSA) is 64.4 Å². The number of ether oxygens (including phenoxy) is 1. The van der Waals surface area contributed by atoms with Gasteiger partial charge in [0, 0.05) is 37.7 Å². The SMILES string of the molecule is CCOCCCn1c(SCC(=O)N2CC(C)CC(C)C2)nc2sc(C)c(C)c2c1=O. The second-order valence-corrected chi connectivity index (χ2v) is 10.5. The van der Waals surface area contributed by atoms with Gasteiger partial charge in [-0.3, -0.25) is 14.2 Å². The molecular weight excluding hydrogens is 418 g/mol. The lowest BCUT2D eigenvalue weighted by molar-refractivity contribution is -0.130. The lowest BCUT2D eigenvalue weighted by Gasteiger charge is -2.35. The summed E-state index contributed by atoms with van der Waals surface area (Å²) in [6.45, 7) is 13.8. The summed E-state index contributed by atoms with van der Waals surface area (Å²) in [5.41, 5.74) is 1.00. The standard InChI is InChI=1S/C22H33N3O3S2/c1-6-28-9-7-8-25-21(27)19-16(4)17(5)30-20(19)23-22(25)29-13-18(26)24-11-14(2)10-15(3)12-24/h14-15H,6-13H2,1-5H3. The van der Waals surface area contributed by atoms with Crippen molar-refractivity contribution in [3.63, 3.8) is 0 Å². The summed E-state index contributed by atoms with van der Waals surface area (Å²) >= 11 is 2.94. The zero-order chi connectivity index (χ0) is 21.8. The Morgan fingerprint density at radius 3 is 2.63 bits per heavy atom. The van der Waals surface area contributed by atoms with Gasteiger partial charge in [0.15, 0.2) is 5.16 Å². The van der Waals surface area contributed by atoms with Crippen LogP contribution in [0.1, 0.15) is 44.1 Å². The maximum absolute atomic E-state index is 13.3. The maximum Gasteiger partial charge on any atom is 0.263 e. The van der Waals surface area contributed by atoms with Crippen molar-refractivity contribution in [3.8, 4) is 0 Å². The average Bonchev–Trinajstić information content (AvgIpc) is 2.98. The number of carbonyl (C=O) groups excluding carboxylic acids is 1. The highest BCUT2D eigenvalue weighted by molar-refractivity contribution is 7.99. The fourth-order valence-electron chi connectivity index (χ4n) is 4.17. The number of aromatic nitrogens is 2. The summed E-state index contributed by atoms with van der Waals surface area (Å²) in [7, 11) is 0. The largest absolute Gasteiger partial charge is 0.382 e. The van der Waals surface area contributed by atoms with Crippen LogP contribution in [0.25, 0.3) is 10.2 Å². The molecule has 1 aliphatic heterocycles. The molecule has 1 fully saturated rings. The van der Waals surface area contributed by atoms with Gasteiger partial charge in [0.2, 0.25) is 5.91 Å². The van der Waals surface area contributed by atoms with E-state index in [9.17, 15) is 9.59 Å². The van der Waals surface area contributed by atoms with Crippen LogP contribution in [0.5, 0.6) is 0 Å². The van der Waals surface area contributed by atoms with Crippen LogP contribution in [-0.4, -0.2) is 52.4 Å². The number of amides is 1. The number of hydrogen-bond donors (Lipinski definition) is 0. The first-order chi connectivity index (χ1) is 14.3. The highest BCUT2D eigenvalue weighted by Gasteiger charge is 2.26. The minimum absolute atomic E-state index is 0.00601. The Balaban J connectivity index is 1.82. The quantitative estimate of drug-likeness (QED) is 0.343. The van der Waals surface area contributed by atoms with Gasteiger partial charge in [-0.05, 0) is 51.0 Å². The molecule has 3 heterocycles. The van der Waals surface area contributed by atoms with E-state index in [1.54, 1.807) is 15.9 Å². The first kappa shape index (κ1) is 23.3. The summed E-state index contributed by atoms with van der Waals surface area (Å²) in [6, 6.07) is 0. The van der Waals surface area contributed by atoms with Crippen LogP contribution in [0.15, 0.2) is 9.95 Å². The second kappa shape index (κ2) is 10.3. The van der Waals surface area contributed by atoms with Gasteiger partial charge in [-0.25, -0.2) is 4.98 Å². The minimum Gasteiger partial charge on any atom is -0.382 e. The van der Waals surface area contributed by atoms with Gasteiger partial charge in [-0.15, -0.1) is 11.3 Å². The van der Waals surface area contributed by atoms with Crippen LogP contribution in [0.3, 0.4) is 0 Å². The molecule has 1 saturated heterocycles. The number of thiophene rings is 1. The van der Waals surface area contributed by atoms with Crippen molar-refractivity contribution in [3.05, 3.63) is 20.8 Å². The van der Waals surface area contributed by atoms with E-state index in [0.717, 1.165) is 34.8 Å².